The Morgan fingerprint density at radius 3 is 2.08 bits per heavy atom. The molecule has 1 aliphatic rings. The number of allylic oxidation sites excluding steroid dienone is 10. The Bertz CT molecular complexity index is 647. The number of nitrogens with zero attached hydrogens (tertiary/aromatic N) is 2. The maximum Gasteiger partial charge on any atom is 0.169 e. The van der Waals surface area contributed by atoms with Crippen LogP contribution in [-0.2, 0) is 9.59 Å². The largest absolute Gasteiger partial charge is 0.383 e. The second-order valence-corrected chi connectivity index (χ2v) is 6.64. The first-order valence-corrected chi connectivity index (χ1v) is 8.88. The number of hydrogen-bond acceptors (Lipinski definition) is 4. The van der Waals surface area contributed by atoms with Crippen LogP contribution in [0.2, 0.25) is 0 Å². The van der Waals surface area contributed by atoms with E-state index >= 15 is 0 Å². The lowest BCUT2D eigenvalue weighted by atomic mass is 9.81. The van der Waals surface area contributed by atoms with Gasteiger partial charge in [0.1, 0.15) is 0 Å². The van der Waals surface area contributed by atoms with Crippen LogP contribution in [0.25, 0.3) is 0 Å². The van der Waals surface area contributed by atoms with Crippen molar-refractivity contribution >= 4 is 11.6 Å². The van der Waals surface area contributed by atoms with Crippen molar-refractivity contribution in [3.63, 3.8) is 0 Å². The van der Waals surface area contributed by atoms with E-state index in [1.54, 1.807) is 12.2 Å². The summed E-state index contributed by atoms with van der Waals surface area (Å²) in [6.07, 6.45) is 22.3. The van der Waals surface area contributed by atoms with Crippen molar-refractivity contribution in [3.8, 4) is 0 Å². The number of carbonyl (C=O) groups is 2. The summed E-state index contributed by atoms with van der Waals surface area (Å²) < 4.78 is 0. The number of ketones is 2. The molecule has 1 unspecified atom stereocenters. The minimum Gasteiger partial charge on any atom is -0.383 e. The van der Waals surface area contributed by atoms with Gasteiger partial charge in [-0.05, 0) is 55.5 Å². The van der Waals surface area contributed by atoms with Crippen molar-refractivity contribution in [2.75, 3.05) is 28.2 Å². The third-order valence-electron chi connectivity index (χ3n) is 3.80. The summed E-state index contributed by atoms with van der Waals surface area (Å²) >= 11 is 0. The fraction of sp³-hybridized carbons (Fsp3) is 0.364. The summed E-state index contributed by atoms with van der Waals surface area (Å²) in [4.78, 5) is 28.7. The molecule has 1 rings (SSSR count). The lowest BCUT2D eigenvalue weighted by Gasteiger charge is -2.20. The standard InChI is InChI=1S/C22H30N2O2/c1-23(2)17-10-6-5-9-16-21(25)20-15-12-14-19(22(20)26)13-8-7-11-18-24(3)4/h5-11,13,16-18,20H,12,14-15H2,1-4H3/b6-5+,8-7+,16-9+,17-10+,18-11+,19-13+. The highest BCUT2D eigenvalue weighted by Gasteiger charge is 2.30. The van der Waals surface area contributed by atoms with Crippen LogP contribution in [0.4, 0.5) is 0 Å². The highest BCUT2D eigenvalue weighted by atomic mass is 16.1. The van der Waals surface area contributed by atoms with Gasteiger partial charge in [-0.25, -0.2) is 0 Å². The number of hydrogen-bond donors (Lipinski definition) is 0. The predicted molar refractivity (Wildman–Crippen MR) is 109 cm³/mol. The molecule has 1 saturated carbocycles. The van der Waals surface area contributed by atoms with Crippen molar-refractivity contribution in [2.24, 2.45) is 5.92 Å². The van der Waals surface area contributed by atoms with Gasteiger partial charge in [-0.1, -0.05) is 36.5 Å². The van der Waals surface area contributed by atoms with E-state index in [-0.39, 0.29) is 11.6 Å². The predicted octanol–water partition coefficient (Wildman–Crippen LogP) is 3.67. The van der Waals surface area contributed by atoms with Crippen molar-refractivity contribution in [1.29, 1.82) is 0 Å². The van der Waals surface area contributed by atoms with Gasteiger partial charge < -0.3 is 9.80 Å². The molecule has 0 aliphatic heterocycles. The zero-order valence-electron chi connectivity index (χ0n) is 16.3. The molecule has 0 amide bonds. The van der Waals surface area contributed by atoms with Gasteiger partial charge in [0, 0.05) is 28.2 Å². The van der Waals surface area contributed by atoms with Gasteiger partial charge in [-0.3, -0.25) is 9.59 Å². The third kappa shape index (κ3) is 8.47. The maximum atomic E-state index is 12.5. The zero-order valence-corrected chi connectivity index (χ0v) is 16.3. The van der Waals surface area contributed by atoms with E-state index in [1.165, 1.54) is 6.08 Å². The molecule has 4 nitrogen and oxygen atoms in total. The molecule has 1 aliphatic carbocycles. The highest BCUT2D eigenvalue weighted by molar-refractivity contribution is 6.14. The first kappa shape index (κ1) is 21.4. The quantitative estimate of drug-likeness (QED) is 0.379. The van der Waals surface area contributed by atoms with Gasteiger partial charge in [0.25, 0.3) is 0 Å². The number of Topliss-reactive ketones (excluding diaryl/α,β-unsaturated/α-hetero) is 1. The summed E-state index contributed by atoms with van der Waals surface area (Å²) in [6.45, 7) is 0. The lowest BCUT2D eigenvalue weighted by Crippen LogP contribution is -2.27. The first-order valence-electron chi connectivity index (χ1n) is 8.88. The molecule has 0 N–H and O–H groups in total. The average Bonchev–Trinajstić information content (AvgIpc) is 2.58. The van der Waals surface area contributed by atoms with Crippen molar-refractivity contribution in [1.82, 2.24) is 9.80 Å². The van der Waals surface area contributed by atoms with Gasteiger partial charge in [-0.2, -0.15) is 0 Å². The Kier molecular flexibility index (Phi) is 9.77. The van der Waals surface area contributed by atoms with E-state index < -0.39 is 5.92 Å². The van der Waals surface area contributed by atoms with Gasteiger partial charge in [0.15, 0.2) is 11.6 Å². The summed E-state index contributed by atoms with van der Waals surface area (Å²) in [5.74, 6) is -0.690. The summed E-state index contributed by atoms with van der Waals surface area (Å²) in [6, 6.07) is 0. The maximum absolute atomic E-state index is 12.5. The highest BCUT2D eigenvalue weighted by Crippen LogP contribution is 2.26. The second kappa shape index (κ2) is 11.9. The molecule has 0 aromatic rings. The molecular weight excluding hydrogens is 324 g/mol. The Labute approximate surface area is 157 Å². The van der Waals surface area contributed by atoms with E-state index in [2.05, 4.69) is 0 Å². The molecule has 4 heteroatoms. The molecule has 0 aromatic heterocycles. The molecule has 140 valence electrons. The normalized spacial score (nSPS) is 20.5. The minimum absolute atomic E-state index is 0.0383. The monoisotopic (exact) mass is 354 g/mol. The molecular formula is C22H30N2O2. The van der Waals surface area contributed by atoms with E-state index in [4.69, 9.17) is 0 Å². The topological polar surface area (TPSA) is 40.6 Å². The van der Waals surface area contributed by atoms with Crippen LogP contribution in [-0.4, -0.2) is 49.6 Å². The smallest absolute Gasteiger partial charge is 0.169 e. The van der Waals surface area contributed by atoms with E-state index in [9.17, 15) is 9.59 Å². The SMILES string of the molecule is CN(C)/C=C/C=C/C=C/C(=O)C1CCC\C(=C/C=C/C=C/N(C)C)C1=O. The number of carbonyl (C=O) groups excluding carboxylic acids is 2. The third-order valence-corrected chi connectivity index (χ3v) is 3.80. The zero-order chi connectivity index (χ0) is 19.4. The Balaban J connectivity index is 2.64. The van der Waals surface area contributed by atoms with Gasteiger partial charge in [0.05, 0.1) is 5.92 Å². The van der Waals surface area contributed by atoms with Crippen LogP contribution in [0.5, 0.6) is 0 Å². The van der Waals surface area contributed by atoms with Crippen LogP contribution in [0, 0.1) is 5.92 Å². The van der Waals surface area contributed by atoms with Crippen LogP contribution >= 0.6 is 0 Å². The van der Waals surface area contributed by atoms with Crippen LogP contribution in [0.3, 0.4) is 0 Å². The summed E-state index contributed by atoms with van der Waals surface area (Å²) in [5, 5.41) is 0. The van der Waals surface area contributed by atoms with Crippen molar-refractivity contribution < 1.29 is 9.59 Å². The minimum atomic E-state index is -0.539. The van der Waals surface area contributed by atoms with Crippen LogP contribution in [0.1, 0.15) is 19.3 Å². The molecule has 0 aromatic carbocycles. The molecule has 0 spiro atoms. The molecule has 26 heavy (non-hydrogen) atoms. The molecule has 0 heterocycles. The van der Waals surface area contributed by atoms with E-state index in [1.807, 2.05) is 86.8 Å². The Morgan fingerprint density at radius 2 is 1.46 bits per heavy atom. The van der Waals surface area contributed by atoms with Gasteiger partial charge in [0.2, 0.25) is 0 Å². The van der Waals surface area contributed by atoms with Crippen molar-refractivity contribution in [2.45, 2.75) is 19.3 Å². The van der Waals surface area contributed by atoms with E-state index in [0.29, 0.717) is 6.42 Å². The fourth-order valence-electron chi connectivity index (χ4n) is 2.49. The first-order chi connectivity index (χ1) is 12.4. The van der Waals surface area contributed by atoms with Gasteiger partial charge in [-0.15, -0.1) is 0 Å². The lowest BCUT2D eigenvalue weighted by molar-refractivity contribution is -0.129. The average molecular weight is 354 g/mol. The number of rotatable bonds is 8. The summed E-state index contributed by atoms with van der Waals surface area (Å²) in [5.41, 5.74) is 0.738. The Hall–Kier alpha value is -2.62. The van der Waals surface area contributed by atoms with Gasteiger partial charge >= 0.3 is 0 Å². The molecule has 0 radical (unpaired) electrons. The molecule has 0 bridgehead atoms. The van der Waals surface area contributed by atoms with Crippen LogP contribution < -0.4 is 0 Å². The van der Waals surface area contributed by atoms with Crippen LogP contribution in [0.15, 0.2) is 72.7 Å². The second-order valence-electron chi connectivity index (χ2n) is 6.64. The molecule has 0 saturated heterocycles. The Morgan fingerprint density at radius 1 is 0.885 bits per heavy atom. The molecule has 1 fully saturated rings. The van der Waals surface area contributed by atoms with E-state index in [0.717, 1.165) is 18.4 Å². The summed E-state index contributed by atoms with van der Waals surface area (Å²) in [7, 11) is 7.78. The van der Waals surface area contributed by atoms with Crippen molar-refractivity contribution in [3.05, 3.63) is 72.7 Å². The molecule has 1 atom stereocenters. The fourth-order valence-corrected chi connectivity index (χ4v) is 2.49.